The Morgan fingerprint density at radius 1 is 1.60 bits per heavy atom. The van der Waals surface area contributed by atoms with E-state index in [1.807, 2.05) is 0 Å². The molecular formula is C11H21NO3. The quantitative estimate of drug-likeness (QED) is 0.749. The van der Waals surface area contributed by atoms with Crippen molar-refractivity contribution in [3.63, 3.8) is 0 Å². The average Bonchev–Trinajstić information content (AvgIpc) is 2.63. The lowest BCUT2D eigenvalue weighted by molar-refractivity contribution is -0.150. The second kappa shape index (κ2) is 4.94. The van der Waals surface area contributed by atoms with Crippen LogP contribution < -0.4 is 0 Å². The third-order valence-corrected chi connectivity index (χ3v) is 3.20. The number of aliphatic carboxylic acids is 1. The fourth-order valence-corrected chi connectivity index (χ4v) is 2.02. The minimum atomic E-state index is -0.723. The smallest absolute Gasteiger partial charge is 0.313 e. The molecule has 1 rings (SSSR count). The van der Waals surface area contributed by atoms with Gasteiger partial charge in [0.05, 0.1) is 6.61 Å². The number of ether oxygens (including phenoxy) is 1. The van der Waals surface area contributed by atoms with Crippen LogP contribution in [-0.2, 0) is 9.53 Å². The number of hydrogen-bond acceptors (Lipinski definition) is 3. The summed E-state index contributed by atoms with van der Waals surface area (Å²) in [5.41, 5.74) is -0.680. The summed E-state index contributed by atoms with van der Waals surface area (Å²) >= 11 is 0. The van der Waals surface area contributed by atoms with Crippen molar-refractivity contribution < 1.29 is 14.6 Å². The van der Waals surface area contributed by atoms with Crippen LogP contribution in [0.1, 0.15) is 27.2 Å². The molecule has 0 aromatic carbocycles. The van der Waals surface area contributed by atoms with E-state index in [0.29, 0.717) is 32.2 Å². The minimum absolute atomic E-state index is 0.353. The topological polar surface area (TPSA) is 49.8 Å². The van der Waals surface area contributed by atoms with Crippen molar-refractivity contribution in [1.29, 1.82) is 0 Å². The molecule has 0 aromatic heterocycles. The zero-order chi connectivity index (χ0) is 11.5. The van der Waals surface area contributed by atoms with Gasteiger partial charge in [0.2, 0.25) is 0 Å². The third kappa shape index (κ3) is 2.69. The molecule has 1 aliphatic heterocycles. The van der Waals surface area contributed by atoms with E-state index in [-0.39, 0.29) is 0 Å². The normalized spacial score (nSPS) is 26.5. The summed E-state index contributed by atoms with van der Waals surface area (Å²) in [6.07, 6.45) is 0.631. The Bertz CT molecular complexity index is 222. The van der Waals surface area contributed by atoms with Crippen molar-refractivity contribution in [1.82, 2.24) is 4.90 Å². The van der Waals surface area contributed by atoms with E-state index in [1.54, 1.807) is 0 Å². The first-order chi connectivity index (χ1) is 7.02. The van der Waals surface area contributed by atoms with Crippen LogP contribution in [0.25, 0.3) is 0 Å². The van der Waals surface area contributed by atoms with Crippen LogP contribution in [0.4, 0.5) is 0 Å². The molecule has 0 bridgehead atoms. The molecule has 0 spiro atoms. The SMILES string of the molecule is CCN(CC1(C(=O)O)CCOC1)C(C)C. The second-order valence-corrected chi connectivity index (χ2v) is 4.54. The van der Waals surface area contributed by atoms with Crippen molar-refractivity contribution in [2.45, 2.75) is 33.2 Å². The number of rotatable bonds is 5. The van der Waals surface area contributed by atoms with Crippen LogP contribution in [0.2, 0.25) is 0 Å². The van der Waals surface area contributed by atoms with E-state index in [2.05, 4.69) is 25.7 Å². The number of carbonyl (C=O) groups is 1. The molecule has 1 heterocycles. The highest BCUT2D eigenvalue weighted by atomic mass is 16.5. The number of carboxylic acids is 1. The summed E-state index contributed by atoms with van der Waals surface area (Å²) in [6, 6.07) is 0.381. The molecule has 1 atom stereocenters. The van der Waals surface area contributed by atoms with Gasteiger partial charge in [-0.15, -0.1) is 0 Å². The molecule has 1 aliphatic rings. The van der Waals surface area contributed by atoms with E-state index in [0.717, 1.165) is 6.54 Å². The first kappa shape index (κ1) is 12.5. The van der Waals surface area contributed by atoms with E-state index in [4.69, 9.17) is 4.74 Å². The molecule has 0 aromatic rings. The first-order valence-corrected chi connectivity index (χ1v) is 5.57. The molecular weight excluding hydrogens is 194 g/mol. The molecule has 1 fully saturated rings. The van der Waals surface area contributed by atoms with Crippen LogP contribution in [0.15, 0.2) is 0 Å². The summed E-state index contributed by atoms with van der Waals surface area (Å²) in [7, 11) is 0. The van der Waals surface area contributed by atoms with Crippen molar-refractivity contribution in [3.8, 4) is 0 Å². The van der Waals surface area contributed by atoms with Gasteiger partial charge >= 0.3 is 5.97 Å². The minimum Gasteiger partial charge on any atom is -0.481 e. The molecule has 0 saturated carbocycles. The van der Waals surface area contributed by atoms with Crippen molar-refractivity contribution in [2.24, 2.45) is 5.41 Å². The Hall–Kier alpha value is -0.610. The fourth-order valence-electron chi connectivity index (χ4n) is 2.02. The Kier molecular flexibility index (Phi) is 4.11. The van der Waals surface area contributed by atoms with Gasteiger partial charge < -0.3 is 9.84 Å². The molecule has 15 heavy (non-hydrogen) atoms. The van der Waals surface area contributed by atoms with Gasteiger partial charge in [0.25, 0.3) is 0 Å². The summed E-state index contributed by atoms with van der Waals surface area (Å²) < 4.78 is 5.24. The van der Waals surface area contributed by atoms with Gasteiger partial charge in [-0.1, -0.05) is 6.92 Å². The summed E-state index contributed by atoms with van der Waals surface area (Å²) in [5.74, 6) is -0.723. The predicted molar refractivity (Wildman–Crippen MR) is 57.9 cm³/mol. The summed E-state index contributed by atoms with van der Waals surface area (Å²) in [6.45, 7) is 8.64. The molecule has 1 N–H and O–H groups in total. The van der Waals surface area contributed by atoms with E-state index in [1.165, 1.54) is 0 Å². The lowest BCUT2D eigenvalue weighted by Gasteiger charge is -2.32. The Morgan fingerprint density at radius 3 is 2.60 bits per heavy atom. The van der Waals surface area contributed by atoms with Crippen LogP contribution in [-0.4, -0.2) is 48.3 Å². The molecule has 4 nitrogen and oxygen atoms in total. The highest BCUT2D eigenvalue weighted by Crippen LogP contribution is 2.30. The van der Waals surface area contributed by atoms with Gasteiger partial charge in [0.1, 0.15) is 5.41 Å². The molecule has 0 aliphatic carbocycles. The molecule has 88 valence electrons. The summed E-state index contributed by atoms with van der Waals surface area (Å²) in [4.78, 5) is 13.5. The lowest BCUT2D eigenvalue weighted by Crippen LogP contribution is -2.46. The van der Waals surface area contributed by atoms with Gasteiger partial charge in [-0.3, -0.25) is 9.69 Å². The maximum Gasteiger partial charge on any atom is 0.313 e. The average molecular weight is 215 g/mol. The second-order valence-electron chi connectivity index (χ2n) is 4.54. The highest BCUT2D eigenvalue weighted by Gasteiger charge is 2.43. The maximum absolute atomic E-state index is 11.3. The van der Waals surface area contributed by atoms with Crippen molar-refractivity contribution in [2.75, 3.05) is 26.3 Å². The Morgan fingerprint density at radius 2 is 2.27 bits per heavy atom. The van der Waals surface area contributed by atoms with Gasteiger partial charge in [0, 0.05) is 19.2 Å². The maximum atomic E-state index is 11.3. The summed E-state index contributed by atoms with van der Waals surface area (Å²) in [5, 5.41) is 9.28. The van der Waals surface area contributed by atoms with Crippen LogP contribution >= 0.6 is 0 Å². The molecule has 4 heteroatoms. The zero-order valence-corrected chi connectivity index (χ0v) is 9.82. The van der Waals surface area contributed by atoms with Crippen molar-refractivity contribution in [3.05, 3.63) is 0 Å². The zero-order valence-electron chi connectivity index (χ0n) is 9.82. The lowest BCUT2D eigenvalue weighted by atomic mass is 9.86. The van der Waals surface area contributed by atoms with E-state index < -0.39 is 11.4 Å². The molecule has 0 amide bonds. The van der Waals surface area contributed by atoms with E-state index >= 15 is 0 Å². The number of hydrogen-bond donors (Lipinski definition) is 1. The Balaban J connectivity index is 2.70. The molecule has 0 radical (unpaired) electrons. The standard InChI is InChI=1S/C11H21NO3/c1-4-12(9(2)3)7-11(10(13)14)5-6-15-8-11/h9H,4-8H2,1-3H3,(H,13,14). The van der Waals surface area contributed by atoms with Crippen LogP contribution in [0.3, 0.4) is 0 Å². The first-order valence-electron chi connectivity index (χ1n) is 5.57. The van der Waals surface area contributed by atoms with Gasteiger partial charge in [0.15, 0.2) is 0 Å². The van der Waals surface area contributed by atoms with E-state index in [9.17, 15) is 9.90 Å². The van der Waals surface area contributed by atoms with Gasteiger partial charge in [-0.25, -0.2) is 0 Å². The van der Waals surface area contributed by atoms with Gasteiger partial charge in [-0.2, -0.15) is 0 Å². The highest BCUT2D eigenvalue weighted by molar-refractivity contribution is 5.75. The fraction of sp³-hybridized carbons (Fsp3) is 0.909. The molecule has 1 saturated heterocycles. The monoisotopic (exact) mass is 215 g/mol. The number of nitrogens with zero attached hydrogens (tertiary/aromatic N) is 1. The molecule has 1 unspecified atom stereocenters. The van der Waals surface area contributed by atoms with Crippen LogP contribution in [0, 0.1) is 5.41 Å². The Labute approximate surface area is 91.2 Å². The largest absolute Gasteiger partial charge is 0.481 e. The van der Waals surface area contributed by atoms with Gasteiger partial charge in [-0.05, 0) is 26.8 Å². The van der Waals surface area contributed by atoms with Crippen molar-refractivity contribution >= 4 is 5.97 Å². The third-order valence-electron chi connectivity index (χ3n) is 3.20. The van der Waals surface area contributed by atoms with Crippen LogP contribution in [0.5, 0.6) is 0 Å². The number of carboxylic acid groups (broad SMARTS) is 1. The predicted octanol–water partition coefficient (Wildman–Crippen LogP) is 1.21.